The summed E-state index contributed by atoms with van der Waals surface area (Å²) in [5.74, 6) is -0.437. The number of anilines is 2. The zero-order chi connectivity index (χ0) is 23.8. The van der Waals surface area contributed by atoms with E-state index in [2.05, 4.69) is 10.6 Å². The normalized spacial score (nSPS) is 17.3. The second kappa shape index (κ2) is 15.5. The number of hydrogen-bond acceptors (Lipinski definition) is 4. The summed E-state index contributed by atoms with van der Waals surface area (Å²) in [4.78, 5) is 24.6. The van der Waals surface area contributed by atoms with Gasteiger partial charge in [-0.2, -0.15) is 0 Å². The van der Waals surface area contributed by atoms with Crippen LogP contribution in [0.15, 0.2) is 60.7 Å². The molecule has 10 radical (unpaired) electrons. The van der Waals surface area contributed by atoms with Gasteiger partial charge in [-0.1, -0.05) is 36.4 Å². The Morgan fingerprint density at radius 1 is 0.588 bits per heavy atom. The third-order valence-corrected chi connectivity index (χ3v) is 4.90. The first-order chi connectivity index (χ1) is 16.7. The highest BCUT2D eigenvalue weighted by molar-refractivity contribution is 7.69. The summed E-state index contributed by atoms with van der Waals surface area (Å²) in [5, 5.41) is 5.42. The first-order valence-electron chi connectivity index (χ1n) is 11.0. The van der Waals surface area contributed by atoms with Gasteiger partial charge in [-0.05, 0) is 35.9 Å². The Bertz CT molecular complexity index is 799. The smallest absolute Gasteiger partial charge is 0.411 e. The van der Waals surface area contributed by atoms with E-state index in [9.17, 15) is 9.59 Å². The first kappa shape index (κ1) is 26.2. The molecule has 2 atom stereocenters. The summed E-state index contributed by atoms with van der Waals surface area (Å²) in [6, 6.07) is 18.2. The van der Waals surface area contributed by atoms with Crippen LogP contribution in [0.1, 0.15) is 0 Å². The van der Waals surface area contributed by atoms with Gasteiger partial charge in [0.15, 0.2) is 0 Å². The third kappa shape index (κ3) is 10.3. The lowest BCUT2D eigenvalue weighted by molar-refractivity contribution is 0.143. The van der Waals surface area contributed by atoms with Crippen LogP contribution in [-0.2, 0) is 9.47 Å². The van der Waals surface area contributed by atoms with Crippen LogP contribution in [-0.4, -0.2) is 96.2 Å². The van der Waals surface area contributed by atoms with Crippen molar-refractivity contribution >= 4 is 94.4 Å². The van der Waals surface area contributed by atoms with Crippen molar-refractivity contribution in [1.82, 2.24) is 0 Å². The van der Waals surface area contributed by atoms with Crippen molar-refractivity contribution < 1.29 is 19.1 Å². The predicted molar refractivity (Wildman–Crippen MR) is 148 cm³/mol. The molecular formula is C18H18B10N2O4. The van der Waals surface area contributed by atoms with Gasteiger partial charge in [0.2, 0.25) is 0 Å². The van der Waals surface area contributed by atoms with E-state index in [0.717, 1.165) is 0 Å². The van der Waals surface area contributed by atoms with Crippen molar-refractivity contribution in [3.63, 3.8) is 0 Å². The Morgan fingerprint density at radius 2 is 0.941 bits per heavy atom. The molecule has 1 heterocycles. The number of carbonyl (C=O) groups is 2. The molecule has 1 saturated heterocycles. The van der Waals surface area contributed by atoms with Gasteiger partial charge in [0.1, 0.15) is 0 Å². The van der Waals surface area contributed by atoms with E-state index >= 15 is 0 Å². The maximum Gasteiger partial charge on any atom is 0.411 e. The van der Waals surface area contributed by atoms with Crippen LogP contribution in [0.3, 0.4) is 0 Å². The average Bonchev–Trinajstić information content (AvgIpc) is 2.84. The lowest BCUT2D eigenvalue weighted by Gasteiger charge is -2.27. The van der Waals surface area contributed by atoms with E-state index in [0.29, 0.717) is 11.4 Å². The van der Waals surface area contributed by atoms with Gasteiger partial charge in [-0.15, -0.1) is 0 Å². The predicted octanol–water partition coefficient (Wildman–Crippen LogP) is 0.351. The van der Waals surface area contributed by atoms with Crippen LogP contribution in [0.2, 0.25) is 11.6 Å². The van der Waals surface area contributed by atoms with E-state index in [4.69, 9.17) is 9.47 Å². The van der Waals surface area contributed by atoms with Gasteiger partial charge in [0, 0.05) is 67.9 Å². The van der Waals surface area contributed by atoms with Crippen LogP contribution in [0.5, 0.6) is 0 Å². The van der Waals surface area contributed by atoms with Gasteiger partial charge in [0.05, 0.1) is 27.6 Å². The number of rotatable bonds is 6. The molecule has 0 bridgehead atoms. The fourth-order valence-electron chi connectivity index (χ4n) is 3.14. The fraction of sp³-hybridized carbons (Fsp3) is 0.222. The largest absolute Gasteiger partial charge is 0.450 e. The summed E-state index contributed by atoms with van der Waals surface area (Å²) in [6.07, 6.45) is -1.09. The highest BCUT2D eigenvalue weighted by atomic mass is 16.6. The second-order valence-electron chi connectivity index (χ2n) is 7.43. The second-order valence-corrected chi connectivity index (χ2v) is 7.43. The number of benzene rings is 2. The molecule has 2 aromatic rings. The van der Waals surface area contributed by atoms with Gasteiger partial charge in [-0.3, -0.25) is 10.6 Å². The zero-order valence-corrected chi connectivity index (χ0v) is 18.7. The molecule has 2 aromatic carbocycles. The van der Waals surface area contributed by atoms with Crippen molar-refractivity contribution in [1.29, 1.82) is 0 Å². The van der Waals surface area contributed by atoms with Crippen molar-refractivity contribution in [2.75, 3.05) is 23.8 Å². The van der Waals surface area contributed by atoms with Crippen molar-refractivity contribution in [2.24, 2.45) is 0 Å². The number of hydrogen-bond donors (Lipinski definition) is 2. The molecule has 1 aliphatic rings. The van der Waals surface area contributed by atoms with E-state index in [1.807, 2.05) is 107 Å². The number of carbonyl (C=O) groups excluding carboxylic acids is 2. The van der Waals surface area contributed by atoms with Crippen LogP contribution >= 0.6 is 0 Å². The molecule has 0 saturated carbocycles. The summed E-state index contributed by atoms with van der Waals surface area (Å²) >= 11 is 0. The Labute approximate surface area is 209 Å². The minimum Gasteiger partial charge on any atom is -0.450 e. The number of ether oxygens (including phenoxy) is 2. The highest BCUT2D eigenvalue weighted by Crippen LogP contribution is 2.24. The molecule has 0 unspecified atom stereocenters. The Morgan fingerprint density at radius 3 is 1.32 bits per heavy atom. The molecule has 154 valence electrons. The van der Waals surface area contributed by atoms with Gasteiger partial charge in [-0.25, -0.2) is 9.59 Å². The highest BCUT2D eigenvalue weighted by Gasteiger charge is 2.25. The van der Waals surface area contributed by atoms with E-state index in [1.165, 1.54) is 0 Å². The van der Waals surface area contributed by atoms with Crippen molar-refractivity contribution in [3.05, 3.63) is 60.7 Å². The lowest BCUT2D eigenvalue weighted by atomic mass is 8.87. The van der Waals surface area contributed by atoms with Gasteiger partial charge >= 0.3 is 12.2 Å². The SMILES string of the molecule is O=C(Nc1ccccc1)OC[C@@H]1[B][B][B][B][B][B][B][B][B][B][C@H]1COC(=O)Nc1ccccc1. The first-order valence-corrected chi connectivity index (χ1v) is 11.0. The molecule has 1 aliphatic heterocycles. The number of nitrogens with one attached hydrogen (secondary N) is 2. The zero-order valence-electron chi connectivity index (χ0n) is 18.7. The van der Waals surface area contributed by atoms with Crippen LogP contribution in [0.25, 0.3) is 0 Å². The van der Waals surface area contributed by atoms with Crippen LogP contribution in [0, 0.1) is 0 Å². The molecule has 0 aliphatic carbocycles. The minimum absolute atomic E-state index is 0.112. The maximum absolute atomic E-state index is 12.3. The van der Waals surface area contributed by atoms with Crippen molar-refractivity contribution in [3.8, 4) is 0 Å². The summed E-state index contributed by atoms with van der Waals surface area (Å²) in [5.41, 5.74) is 1.30. The molecule has 2 amide bonds. The molecule has 6 nitrogen and oxygen atoms in total. The average molecular weight is 434 g/mol. The monoisotopic (exact) mass is 436 g/mol. The standard InChI is InChI=1S/C18H18B10N2O4/c31-17(29-13-7-3-1-4-8-13)33-11-15-16(20-22-24-26-28-27-25-23-21-19-15)12-34-18(32)30-14-9-5-2-6-10-14/h1-10,15-16H,11-12H2,(H,29,31)(H,30,32)/t15-,16-/m0/s1. The quantitative estimate of drug-likeness (QED) is 0.644. The van der Waals surface area contributed by atoms with Crippen LogP contribution in [0.4, 0.5) is 21.0 Å². The molecule has 0 aromatic heterocycles. The van der Waals surface area contributed by atoms with E-state index in [-0.39, 0.29) is 24.8 Å². The molecule has 3 rings (SSSR count). The summed E-state index contributed by atoms with van der Waals surface area (Å²) in [7, 11) is 19.1. The number of para-hydroxylation sites is 2. The Kier molecular flexibility index (Phi) is 12.0. The molecule has 34 heavy (non-hydrogen) atoms. The number of amides is 2. The molecule has 2 N–H and O–H groups in total. The minimum atomic E-state index is -0.547. The maximum atomic E-state index is 12.3. The van der Waals surface area contributed by atoms with Crippen LogP contribution < -0.4 is 10.6 Å². The fourth-order valence-corrected chi connectivity index (χ4v) is 3.14. The van der Waals surface area contributed by atoms with Gasteiger partial charge in [0.25, 0.3) is 0 Å². The Balaban J connectivity index is 1.57. The van der Waals surface area contributed by atoms with E-state index < -0.39 is 12.2 Å². The molecule has 1 fully saturated rings. The third-order valence-electron chi connectivity index (χ3n) is 4.90. The lowest BCUT2D eigenvalue weighted by Crippen LogP contribution is -2.39. The summed E-state index contributed by atoms with van der Waals surface area (Å²) < 4.78 is 11.0. The van der Waals surface area contributed by atoms with Crippen molar-refractivity contribution in [2.45, 2.75) is 11.6 Å². The molecular weight excluding hydrogens is 416 g/mol. The topological polar surface area (TPSA) is 76.7 Å². The molecule has 16 heteroatoms. The Hall–Kier alpha value is -2.37. The van der Waals surface area contributed by atoms with Gasteiger partial charge < -0.3 is 9.47 Å². The summed E-state index contributed by atoms with van der Waals surface area (Å²) in [6.45, 7) is 0.225. The molecule has 0 spiro atoms. The van der Waals surface area contributed by atoms with E-state index in [1.54, 1.807) is 24.3 Å².